The van der Waals surface area contributed by atoms with Crippen LogP contribution in [0.5, 0.6) is 11.5 Å². The van der Waals surface area contributed by atoms with Crippen LogP contribution in [-0.4, -0.2) is 34.3 Å². The van der Waals surface area contributed by atoms with Crippen molar-refractivity contribution in [3.8, 4) is 22.9 Å². The van der Waals surface area contributed by atoms with Crippen LogP contribution >= 0.6 is 0 Å². The second-order valence-electron chi connectivity index (χ2n) is 18.5. The van der Waals surface area contributed by atoms with E-state index in [0.29, 0.717) is 41.0 Å². The Bertz CT molecular complexity index is 1830. The number of nitrogens with zero attached hydrogens (tertiary/aromatic N) is 1. The van der Waals surface area contributed by atoms with Crippen LogP contribution in [0, 0.1) is 56.7 Å². The van der Waals surface area contributed by atoms with Gasteiger partial charge in [-0.05, 0) is 133 Å². The predicted octanol–water partition coefficient (Wildman–Crippen LogP) is 10.2. The zero-order valence-electron chi connectivity index (χ0n) is 31.6. The number of methoxy groups -OCH3 is 1. The highest BCUT2D eigenvalue weighted by Gasteiger charge is 2.69. The summed E-state index contributed by atoms with van der Waals surface area (Å²) in [7, 11) is 1.64. The number of aromatic nitrogens is 2. The Morgan fingerprint density at radius 2 is 1.68 bits per heavy atom. The molecule has 3 aromatic rings. The topological polar surface area (TPSA) is 84.4 Å². The first-order chi connectivity index (χ1) is 23.7. The van der Waals surface area contributed by atoms with Crippen LogP contribution in [0.15, 0.2) is 54.1 Å². The predicted molar refractivity (Wildman–Crippen MR) is 199 cm³/mol. The Balaban J connectivity index is 1.16. The summed E-state index contributed by atoms with van der Waals surface area (Å²) in [5.41, 5.74) is 3.87. The Morgan fingerprint density at radius 1 is 0.900 bits per heavy atom. The highest BCUT2D eigenvalue weighted by Crippen LogP contribution is 2.76. The summed E-state index contributed by atoms with van der Waals surface area (Å²) in [4.78, 5) is 23.2. The molecular formula is C44H58N2O4. The molecule has 5 aliphatic carbocycles. The second-order valence-corrected chi connectivity index (χ2v) is 18.5. The van der Waals surface area contributed by atoms with E-state index in [4.69, 9.17) is 14.5 Å². The maximum absolute atomic E-state index is 15.0. The number of allylic oxidation sites excluding steroid dienone is 2. The Labute approximate surface area is 298 Å². The van der Waals surface area contributed by atoms with Crippen LogP contribution in [0.3, 0.4) is 0 Å². The van der Waals surface area contributed by atoms with Gasteiger partial charge in [0.1, 0.15) is 5.82 Å². The van der Waals surface area contributed by atoms with Crippen molar-refractivity contribution in [2.75, 3.05) is 7.11 Å². The van der Waals surface area contributed by atoms with E-state index in [-0.39, 0.29) is 39.7 Å². The van der Waals surface area contributed by atoms with Crippen LogP contribution in [0.25, 0.3) is 22.4 Å². The number of aliphatic hydroxyl groups is 1. The van der Waals surface area contributed by atoms with Crippen molar-refractivity contribution < 1.29 is 19.4 Å². The Kier molecular flexibility index (Phi) is 7.78. The number of imidazole rings is 1. The molecule has 50 heavy (non-hydrogen) atoms. The average molecular weight is 679 g/mol. The third kappa shape index (κ3) is 4.48. The lowest BCUT2D eigenvalue weighted by Crippen LogP contribution is -2.65. The maximum Gasteiger partial charge on any atom is 0.318 e. The van der Waals surface area contributed by atoms with Gasteiger partial charge in [-0.2, -0.15) is 0 Å². The third-order valence-electron chi connectivity index (χ3n) is 16.4. The molecular weight excluding hydrogens is 620 g/mol. The lowest BCUT2D eigenvalue weighted by molar-refractivity contribution is -0.206. The molecule has 6 nitrogen and oxygen atoms in total. The molecule has 1 heterocycles. The van der Waals surface area contributed by atoms with Crippen molar-refractivity contribution in [1.82, 2.24) is 9.97 Å². The van der Waals surface area contributed by atoms with Gasteiger partial charge in [0.2, 0.25) is 0 Å². The van der Waals surface area contributed by atoms with E-state index in [1.54, 1.807) is 12.7 Å². The van der Waals surface area contributed by atoms with Crippen molar-refractivity contribution in [3.63, 3.8) is 0 Å². The van der Waals surface area contributed by atoms with Crippen molar-refractivity contribution >= 4 is 17.0 Å². The minimum Gasteiger partial charge on any atom is -0.492 e. The number of ether oxygens (including phenoxy) is 2. The third-order valence-corrected chi connectivity index (χ3v) is 16.4. The zero-order chi connectivity index (χ0) is 35.4. The fraction of sp³-hybridized carbons (Fsp3) is 0.636. The molecule has 2 N–H and O–H groups in total. The summed E-state index contributed by atoms with van der Waals surface area (Å²) in [6.45, 7) is 17.2. The molecule has 2 aromatic carbocycles. The van der Waals surface area contributed by atoms with E-state index in [1.807, 2.05) is 42.5 Å². The van der Waals surface area contributed by atoms with Crippen molar-refractivity contribution in [3.05, 3.63) is 54.1 Å². The summed E-state index contributed by atoms with van der Waals surface area (Å²) >= 11 is 0. The van der Waals surface area contributed by atoms with Crippen molar-refractivity contribution in [1.29, 1.82) is 0 Å². The largest absolute Gasteiger partial charge is 0.492 e. The van der Waals surface area contributed by atoms with Gasteiger partial charge in [0.15, 0.2) is 11.5 Å². The average Bonchev–Trinajstić information content (AvgIpc) is 3.53. The van der Waals surface area contributed by atoms with Crippen LogP contribution in [0.4, 0.5) is 0 Å². The van der Waals surface area contributed by atoms with Gasteiger partial charge >= 0.3 is 5.97 Å². The number of H-pyrrole nitrogens is 1. The summed E-state index contributed by atoms with van der Waals surface area (Å²) in [6.07, 6.45) is 11.6. The fourth-order valence-corrected chi connectivity index (χ4v) is 13.1. The SMILES string of the molecule is COc1c(OC(=O)[C@]23CC[C@@H](C)[C@H](C)[C@H]2C2=CC[C@@H]4[C@@]5(C)CC[C@H](O)C(C)(C)[C@@H]5CC[C@@]4(C)[C@]2(C)CC3)cccc1-c1nc2ccccc2[nH]1. The number of nitrogens with one attached hydrogen (secondary N) is 1. The Morgan fingerprint density at radius 3 is 2.44 bits per heavy atom. The molecule has 0 bridgehead atoms. The zero-order valence-corrected chi connectivity index (χ0v) is 31.6. The lowest BCUT2D eigenvalue weighted by Gasteiger charge is -2.71. The number of benzene rings is 2. The van der Waals surface area contributed by atoms with Crippen LogP contribution < -0.4 is 9.47 Å². The number of rotatable bonds is 4. The number of aliphatic hydroxyl groups excluding tert-OH is 1. The van der Waals surface area contributed by atoms with E-state index in [0.717, 1.165) is 61.5 Å². The normalized spacial score (nSPS) is 40.5. The molecule has 6 heteroatoms. The molecule has 0 radical (unpaired) electrons. The number of carbonyl (C=O) groups excluding carboxylic acids is 1. The first-order valence-corrected chi connectivity index (χ1v) is 19.4. The summed E-state index contributed by atoms with van der Waals surface area (Å²) in [6, 6.07) is 13.7. The Hall–Kier alpha value is -3.12. The first-order valence-electron chi connectivity index (χ1n) is 19.4. The molecule has 4 saturated carbocycles. The van der Waals surface area contributed by atoms with Crippen LogP contribution in [0.1, 0.15) is 106 Å². The summed E-state index contributed by atoms with van der Waals surface area (Å²) in [5, 5.41) is 11.1. The van der Waals surface area contributed by atoms with E-state index >= 15 is 0 Å². The van der Waals surface area contributed by atoms with Gasteiger partial charge in [-0.25, -0.2) is 4.98 Å². The summed E-state index contributed by atoms with van der Waals surface area (Å²) < 4.78 is 12.5. The minimum absolute atomic E-state index is 0.0166. The monoisotopic (exact) mass is 678 g/mol. The number of carbonyl (C=O) groups is 1. The molecule has 8 rings (SSSR count). The van der Waals surface area contributed by atoms with Crippen molar-refractivity contribution in [2.24, 2.45) is 56.7 Å². The van der Waals surface area contributed by atoms with E-state index in [1.165, 1.54) is 12.8 Å². The first kappa shape index (κ1) is 34.0. The van der Waals surface area contributed by atoms with Gasteiger partial charge in [-0.1, -0.05) is 78.3 Å². The molecule has 0 unspecified atom stereocenters. The number of para-hydroxylation sites is 3. The van der Waals surface area contributed by atoms with Gasteiger partial charge < -0.3 is 19.6 Å². The smallest absolute Gasteiger partial charge is 0.318 e. The molecule has 0 amide bonds. The van der Waals surface area contributed by atoms with Gasteiger partial charge in [-0.3, -0.25) is 4.79 Å². The quantitative estimate of drug-likeness (QED) is 0.163. The van der Waals surface area contributed by atoms with Gasteiger partial charge in [-0.15, -0.1) is 0 Å². The molecule has 268 valence electrons. The van der Waals surface area contributed by atoms with E-state index < -0.39 is 5.41 Å². The molecule has 1 aromatic heterocycles. The molecule has 0 aliphatic heterocycles. The number of hydrogen-bond acceptors (Lipinski definition) is 5. The molecule has 10 atom stereocenters. The number of esters is 1. The van der Waals surface area contributed by atoms with Crippen LogP contribution in [0.2, 0.25) is 0 Å². The highest BCUT2D eigenvalue weighted by atomic mass is 16.6. The second kappa shape index (κ2) is 11.4. The van der Waals surface area contributed by atoms with Gasteiger partial charge in [0, 0.05) is 0 Å². The highest BCUT2D eigenvalue weighted by molar-refractivity contribution is 5.84. The standard InChI is InChI=1S/C44H58N2O4/c1-26-18-23-44(39(48)50-32-15-11-12-28(37(32)49-8)38-45-30-13-9-10-14-31(30)46-38)25-24-42(6)29(36(44)27(26)2)16-17-34-41(5)21-20-35(47)40(3,4)33(41)19-22-43(34,42)7/h9-16,26-27,33-36,47H,17-25H2,1-8H3,(H,45,46)/t26-,27+,33+,34-,35+,36+,41+,42-,43-,44+/m1/s1. The fourth-order valence-electron chi connectivity index (χ4n) is 13.1. The minimum atomic E-state index is -0.571. The van der Waals surface area contributed by atoms with E-state index in [9.17, 15) is 9.90 Å². The maximum atomic E-state index is 15.0. The van der Waals surface area contributed by atoms with E-state index in [2.05, 4.69) is 59.5 Å². The number of hydrogen-bond donors (Lipinski definition) is 2. The number of fused-ring (bicyclic) bond motifs is 8. The van der Waals surface area contributed by atoms with Crippen molar-refractivity contribution in [2.45, 2.75) is 112 Å². The van der Waals surface area contributed by atoms with Gasteiger partial charge in [0.05, 0.1) is 35.2 Å². The van der Waals surface area contributed by atoms with Gasteiger partial charge in [0.25, 0.3) is 0 Å². The molecule has 0 saturated heterocycles. The van der Waals surface area contributed by atoms with Crippen LogP contribution in [-0.2, 0) is 4.79 Å². The summed E-state index contributed by atoms with van der Waals surface area (Å²) in [5.74, 6) is 3.73. The lowest BCUT2D eigenvalue weighted by atomic mass is 9.33. The molecule has 4 fully saturated rings. The molecule has 0 spiro atoms. The number of aromatic amines is 1. The molecule has 5 aliphatic rings.